The molecule has 1 amide bonds. The number of aryl methyl sites for hydroxylation is 1. The maximum atomic E-state index is 12.7. The number of thiazole rings is 1. The Kier molecular flexibility index (Phi) is 4.18. The van der Waals surface area contributed by atoms with Gasteiger partial charge in [0.25, 0.3) is 5.91 Å². The summed E-state index contributed by atoms with van der Waals surface area (Å²) in [4.78, 5) is 20.3. The van der Waals surface area contributed by atoms with Gasteiger partial charge < -0.3 is 16.0 Å². The summed E-state index contributed by atoms with van der Waals surface area (Å²) in [5, 5.41) is 6.34. The summed E-state index contributed by atoms with van der Waals surface area (Å²) in [6, 6.07) is 2.48. The van der Waals surface area contributed by atoms with Gasteiger partial charge in [0.15, 0.2) is 0 Å². The Bertz CT molecular complexity index is 723. The van der Waals surface area contributed by atoms with E-state index in [1.807, 2.05) is 24.6 Å². The highest BCUT2D eigenvalue weighted by Crippen LogP contribution is 2.39. The average molecular weight is 344 g/mol. The fraction of sp³-hybridized carbons (Fsp3) is 0.556. The minimum absolute atomic E-state index is 0.00873. The zero-order valence-electron chi connectivity index (χ0n) is 13.9. The van der Waals surface area contributed by atoms with E-state index in [9.17, 15) is 4.79 Å². The monoisotopic (exact) mass is 344 g/mol. The SMILES string of the molecule is Cc1nc(-c2c[nH]c(C(=O)NC3C4CCCC3CC(N)C4)c2)cs1. The molecule has 0 spiro atoms. The fourth-order valence-corrected chi connectivity index (χ4v) is 5.05. The molecule has 2 aromatic rings. The lowest BCUT2D eigenvalue weighted by molar-refractivity contribution is 0.0752. The summed E-state index contributed by atoms with van der Waals surface area (Å²) in [7, 11) is 0. The quantitative estimate of drug-likeness (QED) is 0.800. The Morgan fingerprint density at radius 2 is 2.12 bits per heavy atom. The second kappa shape index (κ2) is 6.33. The fourth-order valence-electron chi connectivity index (χ4n) is 4.42. The van der Waals surface area contributed by atoms with Crippen LogP contribution in [0.2, 0.25) is 0 Å². The van der Waals surface area contributed by atoms with Gasteiger partial charge in [-0.2, -0.15) is 0 Å². The van der Waals surface area contributed by atoms with Crippen LogP contribution < -0.4 is 11.1 Å². The van der Waals surface area contributed by atoms with Crippen molar-refractivity contribution in [2.45, 2.75) is 51.1 Å². The number of hydrogen-bond acceptors (Lipinski definition) is 4. The molecule has 2 saturated carbocycles. The van der Waals surface area contributed by atoms with Crippen molar-refractivity contribution in [3.8, 4) is 11.3 Å². The molecule has 24 heavy (non-hydrogen) atoms. The minimum Gasteiger partial charge on any atom is -0.357 e. The van der Waals surface area contributed by atoms with E-state index in [0.717, 1.165) is 29.1 Å². The third kappa shape index (κ3) is 3.00. The molecule has 2 atom stereocenters. The Balaban J connectivity index is 1.47. The predicted octanol–water partition coefficient (Wildman–Crippen LogP) is 3.08. The number of nitrogens with one attached hydrogen (secondary N) is 2. The van der Waals surface area contributed by atoms with E-state index in [2.05, 4.69) is 15.3 Å². The van der Waals surface area contributed by atoms with Crippen molar-refractivity contribution < 1.29 is 4.79 Å². The van der Waals surface area contributed by atoms with Crippen LogP contribution in [0.4, 0.5) is 0 Å². The summed E-state index contributed by atoms with van der Waals surface area (Å²) in [5.41, 5.74) is 8.68. The third-order valence-electron chi connectivity index (χ3n) is 5.52. The molecule has 2 aliphatic carbocycles. The molecule has 2 aliphatic rings. The van der Waals surface area contributed by atoms with Crippen molar-refractivity contribution in [1.29, 1.82) is 0 Å². The number of carbonyl (C=O) groups excluding carboxylic acids is 1. The van der Waals surface area contributed by atoms with Crippen molar-refractivity contribution in [1.82, 2.24) is 15.3 Å². The van der Waals surface area contributed by atoms with Gasteiger partial charge in [0.05, 0.1) is 10.7 Å². The largest absolute Gasteiger partial charge is 0.357 e. The van der Waals surface area contributed by atoms with E-state index in [1.54, 1.807) is 11.3 Å². The second-order valence-electron chi connectivity index (χ2n) is 7.24. The minimum atomic E-state index is -0.00873. The van der Waals surface area contributed by atoms with Crippen LogP contribution in [0.5, 0.6) is 0 Å². The first-order chi connectivity index (χ1) is 11.6. The molecule has 5 nitrogen and oxygen atoms in total. The van der Waals surface area contributed by atoms with Gasteiger partial charge in [0, 0.05) is 29.2 Å². The number of H-pyrrole nitrogens is 1. The number of carbonyl (C=O) groups is 1. The standard InChI is InChI=1S/C18H24N4OS/c1-10-21-16(9-24-10)13-7-15(20-8-13)18(23)22-17-11-3-2-4-12(17)6-14(19)5-11/h7-9,11-12,14,17,20H,2-6,19H2,1H3,(H,22,23). The zero-order chi connectivity index (χ0) is 16.7. The lowest BCUT2D eigenvalue weighted by atomic mass is 9.67. The van der Waals surface area contributed by atoms with E-state index >= 15 is 0 Å². The molecule has 2 fully saturated rings. The van der Waals surface area contributed by atoms with Crippen LogP contribution in [-0.2, 0) is 0 Å². The normalized spacial score (nSPS) is 29.4. The van der Waals surface area contributed by atoms with Gasteiger partial charge in [0.1, 0.15) is 5.69 Å². The maximum absolute atomic E-state index is 12.7. The van der Waals surface area contributed by atoms with E-state index in [1.165, 1.54) is 19.3 Å². The molecule has 0 saturated heterocycles. The topological polar surface area (TPSA) is 83.8 Å². The molecule has 4 rings (SSSR count). The predicted molar refractivity (Wildman–Crippen MR) is 95.9 cm³/mol. The molecule has 0 aliphatic heterocycles. The van der Waals surface area contributed by atoms with Crippen molar-refractivity contribution in [2.75, 3.05) is 0 Å². The van der Waals surface area contributed by atoms with Gasteiger partial charge >= 0.3 is 0 Å². The van der Waals surface area contributed by atoms with Crippen LogP contribution in [0.25, 0.3) is 11.3 Å². The van der Waals surface area contributed by atoms with E-state index < -0.39 is 0 Å². The number of nitrogens with zero attached hydrogens (tertiary/aromatic N) is 1. The van der Waals surface area contributed by atoms with Crippen LogP contribution in [0.3, 0.4) is 0 Å². The molecular formula is C18H24N4OS. The summed E-state index contributed by atoms with van der Waals surface area (Å²) < 4.78 is 0. The number of aromatic nitrogens is 2. The van der Waals surface area contributed by atoms with Gasteiger partial charge in [-0.25, -0.2) is 4.98 Å². The number of hydrogen-bond donors (Lipinski definition) is 3. The Hall–Kier alpha value is -1.66. The van der Waals surface area contributed by atoms with Crippen LogP contribution in [0, 0.1) is 18.8 Å². The zero-order valence-corrected chi connectivity index (χ0v) is 14.7. The molecule has 2 unspecified atom stereocenters. The highest BCUT2D eigenvalue weighted by molar-refractivity contribution is 7.09. The summed E-state index contributed by atoms with van der Waals surface area (Å²) in [5.74, 6) is 1.06. The van der Waals surface area contributed by atoms with Gasteiger partial charge in [-0.3, -0.25) is 4.79 Å². The third-order valence-corrected chi connectivity index (χ3v) is 6.29. The smallest absolute Gasteiger partial charge is 0.267 e. The van der Waals surface area contributed by atoms with Gasteiger partial charge in [-0.15, -0.1) is 11.3 Å². The number of fused-ring (bicyclic) bond motifs is 2. The summed E-state index contributed by atoms with van der Waals surface area (Å²) in [6.45, 7) is 1.99. The van der Waals surface area contributed by atoms with Crippen LogP contribution in [0.1, 0.15) is 47.6 Å². The lowest BCUT2D eigenvalue weighted by Crippen LogP contribution is -2.53. The van der Waals surface area contributed by atoms with Crippen LogP contribution in [0.15, 0.2) is 17.6 Å². The number of nitrogens with two attached hydrogens (primary N) is 1. The molecule has 2 heterocycles. The van der Waals surface area contributed by atoms with Crippen molar-refractivity contribution in [3.63, 3.8) is 0 Å². The first-order valence-corrected chi connectivity index (χ1v) is 9.65. The molecule has 2 bridgehead atoms. The Morgan fingerprint density at radius 3 is 2.79 bits per heavy atom. The molecular weight excluding hydrogens is 320 g/mol. The van der Waals surface area contributed by atoms with Gasteiger partial charge in [-0.1, -0.05) is 6.42 Å². The Morgan fingerprint density at radius 1 is 1.38 bits per heavy atom. The first kappa shape index (κ1) is 15.8. The highest BCUT2D eigenvalue weighted by atomic mass is 32.1. The molecule has 0 aromatic carbocycles. The Labute approximate surface area is 146 Å². The van der Waals surface area contributed by atoms with Crippen LogP contribution >= 0.6 is 11.3 Å². The number of rotatable bonds is 3. The lowest BCUT2D eigenvalue weighted by Gasteiger charge is -2.45. The number of aromatic amines is 1. The van der Waals surface area contributed by atoms with Gasteiger partial charge in [0.2, 0.25) is 0 Å². The van der Waals surface area contributed by atoms with Gasteiger partial charge in [-0.05, 0) is 50.5 Å². The van der Waals surface area contributed by atoms with E-state index in [0.29, 0.717) is 23.6 Å². The number of amides is 1. The summed E-state index contributed by atoms with van der Waals surface area (Å²) in [6.07, 6.45) is 7.57. The summed E-state index contributed by atoms with van der Waals surface area (Å²) >= 11 is 1.62. The van der Waals surface area contributed by atoms with E-state index in [-0.39, 0.29) is 11.9 Å². The molecule has 2 aromatic heterocycles. The first-order valence-electron chi connectivity index (χ1n) is 8.77. The molecule has 128 valence electrons. The average Bonchev–Trinajstić information content (AvgIpc) is 3.17. The molecule has 6 heteroatoms. The molecule has 0 radical (unpaired) electrons. The van der Waals surface area contributed by atoms with Crippen LogP contribution in [-0.4, -0.2) is 28.0 Å². The van der Waals surface area contributed by atoms with Crippen molar-refractivity contribution in [3.05, 3.63) is 28.3 Å². The van der Waals surface area contributed by atoms with Crippen molar-refractivity contribution in [2.24, 2.45) is 17.6 Å². The second-order valence-corrected chi connectivity index (χ2v) is 8.30. The van der Waals surface area contributed by atoms with E-state index in [4.69, 9.17) is 5.73 Å². The maximum Gasteiger partial charge on any atom is 0.267 e. The molecule has 4 N–H and O–H groups in total. The highest BCUT2D eigenvalue weighted by Gasteiger charge is 2.40. The van der Waals surface area contributed by atoms with Crippen molar-refractivity contribution >= 4 is 17.2 Å².